The van der Waals surface area contributed by atoms with Crippen molar-refractivity contribution >= 4 is 0 Å². The molecule has 1 aliphatic carbocycles. The molecule has 1 atom stereocenters. The van der Waals surface area contributed by atoms with Crippen LogP contribution in [0.1, 0.15) is 26.7 Å². The number of hydrogen-bond donors (Lipinski definition) is 0. The molecule has 0 radical (unpaired) electrons. The standard InChI is InChI=1S/C8H16O/c1-3-9-6-7(2)8-4-5-8/h7-8H,3-6H2,1-2H3. The topological polar surface area (TPSA) is 9.23 Å². The number of ether oxygens (including phenoxy) is 1. The normalized spacial score (nSPS) is 22.0. The first-order valence-corrected chi connectivity index (χ1v) is 3.92. The molecule has 0 bridgehead atoms. The Morgan fingerprint density at radius 3 is 2.67 bits per heavy atom. The van der Waals surface area contributed by atoms with Crippen LogP contribution in [0.15, 0.2) is 0 Å². The molecule has 0 heterocycles. The summed E-state index contributed by atoms with van der Waals surface area (Å²) >= 11 is 0. The third-order valence-electron chi connectivity index (χ3n) is 2.01. The third kappa shape index (κ3) is 2.35. The van der Waals surface area contributed by atoms with Crippen molar-refractivity contribution in [1.82, 2.24) is 0 Å². The number of rotatable bonds is 4. The van der Waals surface area contributed by atoms with Gasteiger partial charge in [-0.15, -0.1) is 0 Å². The van der Waals surface area contributed by atoms with E-state index in [1.165, 1.54) is 12.8 Å². The lowest BCUT2D eigenvalue weighted by molar-refractivity contribution is 0.109. The zero-order valence-electron chi connectivity index (χ0n) is 6.39. The van der Waals surface area contributed by atoms with E-state index in [0.717, 1.165) is 25.0 Å². The highest BCUT2D eigenvalue weighted by Crippen LogP contribution is 2.36. The lowest BCUT2D eigenvalue weighted by Gasteiger charge is -2.07. The molecular weight excluding hydrogens is 112 g/mol. The Labute approximate surface area is 57.4 Å². The van der Waals surface area contributed by atoms with Crippen LogP contribution in [0.25, 0.3) is 0 Å². The van der Waals surface area contributed by atoms with Gasteiger partial charge in [0.1, 0.15) is 0 Å². The van der Waals surface area contributed by atoms with Crippen LogP contribution in [0.5, 0.6) is 0 Å². The summed E-state index contributed by atoms with van der Waals surface area (Å²) in [4.78, 5) is 0. The van der Waals surface area contributed by atoms with E-state index in [1.54, 1.807) is 0 Å². The van der Waals surface area contributed by atoms with Crippen molar-refractivity contribution in [3.8, 4) is 0 Å². The highest BCUT2D eigenvalue weighted by atomic mass is 16.5. The van der Waals surface area contributed by atoms with Crippen molar-refractivity contribution in [2.45, 2.75) is 26.7 Å². The molecule has 0 N–H and O–H groups in total. The van der Waals surface area contributed by atoms with Crippen molar-refractivity contribution in [2.75, 3.05) is 13.2 Å². The predicted octanol–water partition coefficient (Wildman–Crippen LogP) is 2.07. The van der Waals surface area contributed by atoms with Crippen molar-refractivity contribution < 1.29 is 4.74 Å². The summed E-state index contributed by atoms with van der Waals surface area (Å²) in [5.74, 6) is 1.81. The van der Waals surface area contributed by atoms with Crippen LogP contribution in [0.4, 0.5) is 0 Å². The second-order valence-electron chi connectivity index (χ2n) is 2.97. The Morgan fingerprint density at radius 1 is 1.56 bits per heavy atom. The minimum atomic E-state index is 0.810. The molecule has 0 amide bonds. The summed E-state index contributed by atoms with van der Waals surface area (Å²) in [6.07, 6.45) is 2.88. The van der Waals surface area contributed by atoms with Gasteiger partial charge in [-0.25, -0.2) is 0 Å². The van der Waals surface area contributed by atoms with E-state index >= 15 is 0 Å². The van der Waals surface area contributed by atoms with Crippen LogP contribution in [0.2, 0.25) is 0 Å². The summed E-state index contributed by atoms with van der Waals surface area (Å²) in [5.41, 5.74) is 0. The van der Waals surface area contributed by atoms with E-state index in [9.17, 15) is 0 Å². The maximum Gasteiger partial charge on any atom is 0.0494 e. The predicted molar refractivity (Wildman–Crippen MR) is 38.4 cm³/mol. The Morgan fingerprint density at radius 2 is 2.22 bits per heavy atom. The fourth-order valence-corrected chi connectivity index (χ4v) is 1.11. The quantitative estimate of drug-likeness (QED) is 0.563. The summed E-state index contributed by atoms with van der Waals surface area (Å²) in [5, 5.41) is 0. The molecule has 0 spiro atoms. The van der Waals surface area contributed by atoms with Gasteiger partial charge in [-0.3, -0.25) is 0 Å². The molecule has 1 saturated carbocycles. The van der Waals surface area contributed by atoms with Crippen LogP contribution >= 0.6 is 0 Å². The molecule has 9 heavy (non-hydrogen) atoms. The van der Waals surface area contributed by atoms with Gasteiger partial charge in [0.2, 0.25) is 0 Å². The average molecular weight is 128 g/mol. The van der Waals surface area contributed by atoms with Gasteiger partial charge in [0.15, 0.2) is 0 Å². The van der Waals surface area contributed by atoms with Crippen molar-refractivity contribution in [2.24, 2.45) is 11.8 Å². The molecule has 0 aromatic rings. The molecule has 1 heteroatoms. The summed E-state index contributed by atoms with van der Waals surface area (Å²) in [7, 11) is 0. The van der Waals surface area contributed by atoms with Crippen molar-refractivity contribution in [3.63, 3.8) is 0 Å². The Hall–Kier alpha value is -0.0400. The average Bonchev–Trinajstić information content (AvgIpc) is 2.63. The molecule has 1 nitrogen and oxygen atoms in total. The monoisotopic (exact) mass is 128 g/mol. The minimum absolute atomic E-state index is 0.810. The lowest BCUT2D eigenvalue weighted by Crippen LogP contribution is -2.06. The molecule has 1 rings (SSSR count). The maximum atomic E-state index is 5.30. The summed E-state index contributed by atoms with van der Waals surface area (Å²) < 4.78 is 5.30. The smallest absolute Gasteiger partial charge is 0.0494 e. The highest BCUT2D eigenvalue weighted by Gasteiger charge is 2.27. The van der Waals surface area contributed by atoms with Gasteiger partial charge >= 0.3 is 0 Å². The second-order valence-corrected chi connectivity index (χ2v) is 2.97. The number of hydrogen-bond acceptors (Lipinski definition) is 1. The molecule has 0 saturated heterocycles. The van der Waals surface area contributed by atoms with Gasteiger partial charge in [-0.1, -0.05) is 6.92 Å². The van der Waals surface area contributed by atoms with Crippen LogP contribution in [-0.2, 0) is 4.74 Å². The Kier molecular flexibility index (Phi) is 2.52. The van der Waals surface area contributed by atoms with E-state index in [2.05, 4.69) is 13.8 Å². The zero-order chi connectivity index (χ0) is 6.69. The van der Waals surface area contributed by atoms with Crippen LogP contribution in [-0.4, -0.2) is 13.2 Å². The SMILES string of the molecule is CCOCC(C)C1CC1. The molecular formula is C8H16O. The molecule has 1 aliphatic rings. The van der Waals surface area contributed by atoms with Crippen LogP contribution < -0.4 is 0 Å². The van der Waals surface area contributed by atoms with Crippen molar-refractivity contribution in [1.29, 1.82) is 0 Å². The van der Waals surface area contributed by atoms with Crippen molar-refractivity contribution in [3.05, 3.63) is 0 Å². The molecule has 0 aliphatic heterocycles. The van der Waals surface area contributed by atoms with E-state index in [-0.39, 0.29) is 0 Å². The molecule has 1 fully saturated rings. The summed E-state index contributed by atoms with van der Waals surface area (Å²) in [6.45, 7) is 6.19. The first kappa shape index (κ1) is 7.07. The summed E-state index contributed by atoms with van der Waals surface area (Å²) in [6, 6.07) is 0. The Balaban J connectivity index is 1.96. The van der Waals surface area contributed by atoms with Crippen LogP contribution in [0, 0.1) is 11.8 Å². The van der Waals surface area contributed by atoms with E-state index in [0.29, 0.717) is 0 Å². The molecule has 0 aromatic carbocycles. The van der Waals surface area contributed by atoms with Gasteiger partial charge in [-0.2, -0.15) is 0 Å². The van der Waals surface area contributed by atoms with Gasteiger partial charge in [-0.05, 0) is 31.6 Å². The fraction of sp³-hybridized carbons (Fsp3) is 1.00. The van der Waals surface area contributed by atoms with E-state index in [1.807, 2.05) is 0 Å². The second kappa shape index (κ2) is 3.21. The van der Waals surface area contributed by atoms with Crippen LogP contribution in [0.3, 0.4) is 0 Å². The van der Waals surface area contributed by atoms with Gasteiger partial charge in [0, 0.05) is 13.2 Å². The molecule has 54 valence electrons. The maximum absolute atomic E-state index is 5.30. The van der Waals surface area contributed by atoms with E-state index in [4.69, 9.17) is 4.74 Å². The zero-order valence-corrected chi connectivity index (χ0v) is 6.39. The lowest BCUT2D eigenvalue weighted by atomic mass is 10.1. The first-order chi connectivity index (χ1) is 4.34. The molecule has 0 aromatic heterocycles. The van der Waals surface area contributed by atoms with Gasteiger partial charge in [0.05, 0.1) is 0 Å². The first-order valence-electron chi connectivity index (χ1n) is 3.92. The Bertz CT molecular complexity index is 76.6. The highest BCUT2D eigenvalue weighted by molar-refractivity contribution is 4.78. The fourth-order valence-electron chi connectivity index (χ4n) is 1.11. The third-order valence-corrected chi connectivity index (χ3v) is 2.01. The van der Waals surface area contributed by atoms with E-state index < -0.39 is 0 Å². The van der Waals surface area contributed by atoms with Gasteiger partial charge < -0.3 is 4.74 Å². The molecule has 1 unspecified atom stereocenters. The minimum Gasteiger partial charge on any atom is -0.381 e. The largest absolute Gasteiger partial charge is 0.381 e. The van der Waals surface area contributed by atoms with Gasteiger partial charge in [0.25, 0.3) is 0 Å².